The quantitative estimate of drug-likeness (QED) is 0.245. The van der Waals surface area contributed by atoms with Crippen LogP contribution in [0.15, 0.2) is 16.9 Å². The lowest BCUT2D eigenvalue weighted by atomic mass is 9.96. The summed E-state index contributed by atoms with van der Waals surface area (Å²) >= 11 is 3.67. The molecule has 1 atom stereocenters. The Hall–Kier alpha value is -1.78. The third kappa shape index (κ3) is 9.93. The topological polar surface area (TPSA) is 91.2 Å². The van der Waals surface area contributed by atoms with Crippen LogP contribution in [0.3, 0.4) is 0 Å². The summed E-state index contributed by atoms with van der Waals surface area (Å²) in [6, 6.07) is 3.08. The molecule has 36 heavy (non-hydrogen) atoms. The highest BCUT2D eigenvalue weighted by molar-refractivity contribution is 9.10. The second-order valence-corrected chi connectivity index (χ2v) is 15.2. The Morgan fingerprint density at radius 1 is 1.19 bits per heavy atom. The van der Waals surface area contributed by atoms with Gasteiger partial charge in [-0.15, -0.1) is 0 Å². The number of alkyl carbamates (subject to hydrolysis) is 1. The summed E-state index contributed by atoms with van der Waals surface area (Å²) in [6.45, 7) is 19.8. The van der Waals surface area contributed by atoms with Gasteiger partial charge in [0, 0.05) is 39.5 Å². The Balaban J connectivity index is 2.17. The number of ether oxygens (including phenoxy) is 2. The van der Waals surface area contributed by atoms with Crippen molar-refractivity contribution in [3.8, 4) is 11.4 Å². The van der Waals surface area contributed by atoms with Crippen molar-refractivity contribution >= 4 is 30.8 Å². The number of hydrogen-bond donors (Lipinski definition) is 1. The molecule has 0 spiro atoms. The maximum atomic E-state index is 12.0. The summed E-state index contributed by atoms with van der Waals surface area (Å²) in [7, 11) is -0.241. The molecule has 0 saturated heterocycles. The van der Waals surface area contributed by atoms with Crippen molar-refractivity contribution in [1.82, 2.24) is 24.8 Å². The zero-order valence-electron chi connectivity index (χ0n) is 23.4. The molecule has 2 heterocycles. The van der Waals surface area contributed by atoms with Crippen molar-refractivity contribution < 1.29 is 14.3 Å². The van der Waals surface area contributed by atoms with Gasteiger partial charge in [0.25, 0.3) is 0 Å². The first-order chi connectivity index (χ1) is 16.7. The first kappa shape index (κ1) is 30.4. The molecule has 1 radical (unpaired) electrons. The van der Waals surface area contributed by atoms with Gasteiger partial charge in [-0.1, -0.05) is 39.9 Å². The van der Waals surface area contributed by atoms with E-state index in [-0.39, 0.29) is 20.3 Å². The second-order valence-electron chi connectivity index (χ2n) is 11.5. The molecule has 201 valence electrons. The maximum Gasteiger partial charge on any atom is 0.407 e. The van der Waals surface area contributed by atoms with Gasteiger partial charge in [0.05, 0.1) is 5.69 Å². The van der Waals surface area contributed by atoms with E-state index < -0.39 is 11.7 Å². The molecule has 0 aliphatic rings. The smallest absolute Gasteiger partial charge is 0.407 e. The number of nitrogens with one attached hydrogen (secondary N) is 1. The third-order valence-corrected chi connectivity index (χ3v) is 7.20. The number of nitrogens with zero attached hydrogens (tertiary/aromatic N) is 4. The minimum absolute atomic E-state index is 0.0710. The number of amides is 1. The monoisotopic (exact) mass is 580 g/mol. The van der Waals surface area contributed by atoms with Crippen LogP contribution >= 0.6 is 15.9 Å². The molecular weight excluding hydrogens is 538 g/mol. The number of hydrogen-bond acceptors (Lipinski definition) is 6. The number of carbonyl (C=O) groups is 1. The Kier molecular flexibility index (Phi) is 11.1. The van der Waals surface area contributed by atoms with Gasteiger partial charge in [0.1, 0.15) is 34.3 Å². The number of rotatable bonds is 11. The predicted molar refractivity (Wildman–Crippen MR) is 150 cm³/mol. The van der Waals surface area contributed by atoms with E-state index in [0.29, 0.717) is 25.4 Å². The molecular formula is C26H43BrN5O3Si. The third-order valence-electron chi connectivity index (χ3n) is 5.29. The first-order valence-electron chi connectivity index (χ1n) is 12.6. The number of imidazole rings is 1. The highest BCUT2D eigenvalue weighted by Gasteiger charge is 2.27. The highest BCUT2D eigenvalue weighted by atomic mass is 79.9. The van der Waals surface area contributed by atoms with Crippen molar-refractivity contribution in [2.75, 3.05) is 6.61 Å². The van der Waals surface area contributed by atoms with Gasteiger partial charge in [0.2, 0.25) is 0 Å². The largest absolute Gasteiger partial charge is 0.444 e. The van der Waals surface area contributed by atoms with Crippen LogP contribution in [0.25, 0.3) is 11.4 Å². The van der Waals surface area contributed by atoms with Crippen LogP contribution in [0.4, 0.5) is 4.79 Å². The standard InChI is InChI=1S/C26H43BrN5O3Si/c1-18(29-24(33)35-26(5,6)7)11-12-20-28-14-13-19(30-20)21-22(27)31-23(25(2,3)4)32(21)17-34-15-10-16-36(8)9/h13-14,18H,10-12,15-17H2,1-9H3,(H,29,33)/t18-/m0/s1. The van der Waals surface area contributed by atoms with Gasteiger partial charge >= 0.3 is 6.09 Å². The minimum Gasteiger partial charge on any atom is -0.444 e. The van der Waals surface area contributed by atoms with Gasteiger partial charge in [-0.3, -0.25) is 0 Å². The molecule has 0 aliphatic heterocycles. The SMILES string of the molecule is C[C@@H](CCc1nccc(-c2c(Br)nc(C(C)(C)C)n2COCCC[Si](C)C)n1)NC(=O)OC(C)(C)C. The molecule has 0 saturated carbocycles. The molecule has 10 heteroatoms. The Morgan fingerprint density at radius 3 is 2.50 bits per heavy atom. The fourth-order valence-corrected chi connectivity index (χ4v) is 5.06. The molecule has 2 aromatic heterocycles. The second kappa shape index (κ2) is 13.1. The number of aromatic nitrogens is 4. The molecule has 0 aliphatic carbocycles. The van der Waals surface area contributed by atoms with Gasteiger partial charge in [-0.2, -0.15) is 0 Å². The van der Waals surface area contributed by atoms with E-state index in [1.807, 2.05) is 33.8 Å². The molecule has 1 N–H and O–H groups in total. The molecule has 0 aromatic carbocycles. The van der Waals surface area contributed by atoms with Gasteiger partial charge in [-0.05, 0) is 62.5 Å². The minimum atomic E-state index is -0.525. The highest BCUT2D eigenvalue weighted by Crippen LogP contribution is 2.33. The van der Waals surface area contributed by atoms with Gasteiger partial charge in [-0.25, -0.2) is 19.7 Å². The van der Waals surface area contributed by atoms with Crippen LogP contribution in [0, 0.1) is 0 Å². The summed E-state index contributed by atoms with van der Waals surface area (Å²) < 4.78 is 14.3. The average Bonchev–Trinajstić information content (AvgIpc) is 3.07. The Bertz CT molecular complexity index is 998. The Morgan fingerprint density at radius 2 is 1.89 bits per heavy atom. The van der Waals surface area contributed by atoms with Crippen molar-refractivity contribution in [2.24, 2.45) is 0 Å². The molecule has 1 amide bonds. The van der Waals surface area contributed by atoms with Crippen molar-refractivity contribution in [2.45, 2.75) is 111 Å². The molecule has 2 rings (SSSR count). The zero-order chi connectivity index (χ0) is 27.1. The van der Waals surface area contributed by atoms with Gasteiger partial charge in [0.15, 0.2) is 0 Å². The van der Waals surface area contributed by atoms with Crippen LogP contribution in [0.2, 0.25) is 19.1 Å². The lowest BCUT2D eigenvalue weighted by Gasteiger charge is -2.22. The predicted octanol–water partition coefficient (Wildman–Crippen LogP) is 6.36. The Labute approximate surface area is 226 Å². The van der Waals surface area contributed by atoms with Crippen LogP contribution in [-0.2, 0) is 28.0 Å². The summed E-state index contributed by atoms with van der Waals surface area (Å²) in [6.07, 6.45) is 3.75. The number of aryl methyl sites for hydroxylation is 1. The molecule has 0 fully saturated rings. The fourth-order valence-electron chi connectivity index (χ4n) is 3.63. The van der Waals surface area contributed by atoms with Crippen molar-refractivity contribution in [3.63, 3.8) is 0 Å². The first-order valence-corrected chi connectivity index (χ1v) is 16.1. The number of carbonyl (C=O) groups excluding carboxylic acids is 1. The lowest BCUT2D eigenvalue weighted by molar-refractivity contribution is 0.0506. The molecule has 0 unspecified atom stereocenters. The van der Waals surface area contributed by atoms with Gasteiger partial charge < -0.3 is 19.4 Å². The lowest BCUT2D eigenvalue weighted by Crippen LogP contribution is -2.37. The zero-order valence-corrected chi connectivity index (χ0v) is 26.0. The average molecular weight is 582 g/mol. The van der Waals surface area contributed by atoms with E-state index in [1.165, 1.54) is 6.04 Å². The number of halogens is 1. The van der Waals surface area contributed by atoms with E-state index in [9.17, 15) is 4.79 Å². The van der Waals surface area contributed by atoms with E-state index in [0.717, 1.165) is 34.8 Å². The van der Waals surface area contributed by atoms with E-state index in [2.05, 4.69) is 64.7 Å². The van der Waals surface area contributed by atoms with Crippen molar-refractivity contribution in [1.29, 1.82) is 0 Å². The normalized spacial score (nSPS) is 13.2. The van der Waals surface area contributed by atoms with E-state index in [1.54, 1.807) is 6.20 Å². The maximum absolute atomic E-state index is 12.0. The summed E-state index contributed by atoms with van der Waals surface area (Å²) in [5.74, 6) is 1.65. The van der Waals surface area contributed by atoms with Crippen LogP contribution in [0.5, 0.6) is 0 Å². The van der Waals surface area contributed by atoms with E-state index >= 15 is 0 Å². The fraction of sp³-hybridized carbons (Fsp3) is 0.692. The molecule has 8 nitrogen and oxygen atoms in total. The summed E-state index contributed by atoms with van der Waals surface area (Å²) in [4.78, 5) is 26.2. The van der Waals surface area contributed by atoms with E-state index in [4.69, 9.17) is 19.4 Å². The van der Waals surface area contributed by atoms with Crippen LogP contribution in [0.1, 0.15) is 73.0 Å². The summed E-state index contributed by atoms with van der Waals surface area (Å²) in [5.41, 5.74) is 0.993. The summed E-state index contributed by atoms with van der Waals surface area (Å²) in [5, 5.41) is 2.88. The van der Waals surface area contributed by atoms with Crippen molar-refractivity contribution in [3.05, 3.63) is 28.5 Å². The molecule has 0 bridgehead atoms. The van der Waals surface area contributed by atoms with Crippen LogP contribution in [-0.4, -0.2) is 52.7 Å². The molecule has 2 aromatic rings. The van der Waals surface area contributed by atoms with Crippen LogP contribution < -0.4 is 5.32 Å².